The number of aromatic nitrogens is 4. The van der Waals surface area contributed by atoms with Crippen LogP contribution in [0.3, 0.4) is 0 Å². The van der Waals surface area contributed by atoms with Crippen LogP contribution in [0.4, 0.5) is 6.01 Å². The van der Waals surface area contributed by atoms with Gasteiger partial charge in [0.05, 0.1) is 12.2 Å². The van der Waals surface area contributed by atoms with Gasteiger partial charge in [-0.25, -0.2) is 4.68 Å². The summed E-state index contributed by atoms with van der Waals surface area (Å²) in [6.45, 7) is 5.92. The fraction of sp³-hybridized carbons (Fsp3) is 0.500. The maximum Gasteiger partial charge on any atom is 0.324 e. The largest absolute Gasteiger partial charge is 0.324 e. The van der Waals surface area contributed by atoms with Crippen molar-refractivity contribution in [2.45, 2.75) is 20.4 Å². The van der Waals surface area contributed by atoms with Crippen LogP contribution in [0.1, 0.15) is 11.5 Å². The summed E-state index contributed by atoms with van der Waals surface area (Å²) in [4.78, 5) is 17.8. The molecule has 19 heavy (non-hydrogen) atoms. The monoisotopic (exact) mass is 261 g/mol. The zero-order valence-electron chi connectivity index (χ0n) is 10.9. The Morgan fingerprint density at radius 2 is 2.16 bits per heavy atom. The van der Waals surface area contributed by atoms with Crippen LogP contribution in [-0.4, -0.2) is 33.0 Å². The van der Waals surface area contributed by atoms with E-state index in [4.69, 9.17) is 4.52 Å². The first-order valence-electron chi connectivity index (χ1n) is 6.22. The third-order valence-corrected chi connectivity index (χ3v) is 3.18. The van der Waals surface area contributed by atoms with E-state index < -0.39 is 0 Å². The second-order valence-electron chi connectivity index (χ2n) is 4.89. The number of aryl methyl sites for hydroxylation is 2. The number of nitrogens with zero attached hydrogens (tertiary/aromatic N) is 5. The topological polar surface area (TPSA) is 77.0 Å². The number of rotatable bonds is 3. The summed E-state index contributed by atoms with van der Waals surface area (Å²) in [6.07, 6.45) is 0. The molecule has 2 aromatic rings. The summed E-state index contributed by atoms with van der Waals surface area (Å²) < 4.78 is 6.61. The van der Waals surface area contributed by atoms with Crippen molar-refractivity contribution < 1.29 is 4.52 Å². The highest BCUT2D eigenvalue weighted by Gasteiger charge is 2.31. The molecule has 0 aromatic carbocycles. The predicted molar refractivity (Wildman–Crippen MR) is 68.0 cm³/mol. The van der Waals surface area contributed by atoms with Crippen LogP contribution in [0.25, 0.3) is 0 Å². The van der Waals surface area contributed by atoms with E-state index in [9.17, 15) is 4.79 Å². The Balaban J connectivity index is 1.62. The molecule has 100 valence electrons. The summed E-state index contributed by atoms with van der Waals surface area (Å²) in [5.74, 6) is 1.02. The molecular weight excluding hydrogens is 246 g/mol. The molecule has 3 rings (SSSR count). The minimum atomic E-state index is -0.0577. The van der Waals surface area contributed by atoms with Crippen molar-refractivity contribution in [3.8, 4) is 0 Å². The molecule has 0 saturated carbocycles. The van der Waals surface area contributed by atoms with E-state index in [-0.39, 0.29) is 5.56 Å². The lowest BCUT2D eigenvalue weighted by atomic mass is 10.0. The van der Waals surface area contributed by atoms with Gasteiger partial charge in [0.1, 0.15) is 0 Å². The maximum atomic E-state index is 11.6. The highest BCUT2D eigenvalue weighted by molar-refractivity contribution is 5.29. The fourth-order valence-corrected chi connectivity index (χ4v) is 2.18. The van der Waals surface area contributed by atoms with Gasteiger partial charge in [-0.05, 0) is 19.9 Å². The first kappa shape index (κ1) is 11.9. The molecule has 0 radical (unpaired) electrons. The van der Waals surface area contributed by atoms with E-state index in [0.717, 1.165) is 18.8 Å². The van der Waals surface area contributed by atoms with Crippen LogP contribution in [0, 0.1) is 19.8 Å². The Labute approximate surface area is 109 Å². The summed E-state index contributed by atoms with van der Waals surface area (Å²) >= 11 is 0. The zero-order valence-corrected chi connectivity index (χ0v) is 10.9. The maximum absolute atomic E-state index is 11.6. The summed E-state index contributed by atoms with van der Waals surface area (Å²) in [7, 11) is 0. The molecule has 0 aliphatic carbocycles. The van der Waals surface area contributed by atoms with Gasteiger partial charge in [-0.15, -0.1) is 0 Å². The van der Waals surface area contributed by atoms with Gasteiger partial charge in [-0.3, -0.25) is 4.79 Å². The van der Waals surface area contributed by atoms with Gasteiger partial charge in [-0.1, -0.05) is 5.16 Å². The standard InChI is InChI=1S/C12H15N5O2/c1-8-3-4-11(18)17(14-8)7-10-5-16(6-10)12-13-9(2)15-19-12/h3-4,10H,5-7H2,1-2H3. The van der Waals surface area contributed by atoms with E-state index in [2.05, 4.69) is 15.2 Å². The fourth-order valence-electron chi connectivity index (χ4n) is 2.18. The van der Waals surface area contributed by atoms with Crippen molar-refractivity contribution in [2.75, 3.05) is 18.0 Å². The smallest absolute Gasteiger partial charge is 0.324 e. The van der Waals surface area contributed by atoms with Crippen molar-refractivity contribution in [3.63, 3.8) is 0 Å². The van der Waals surface area contributed by atoms with Crippen molar-refractivity contribution in [1.82, 2.24) is 19.9 Å². The van der Waals surface area contributed by atoms with Gasteiger partial charge in [-0.2, -0.15) is 10.1 Å². The molecule has 0 bridgehead atoms. The van der Waals surface area contributed by atoms with Crippen LogP contribution in [-0.2, 0) is 6.54 Å². The van der Waals surface area contributed by atoms with Gasteiger partial charge in [0.2, 0.25) is 0 Å². The van der Waals surface area contributed by atoms with Crippen LogP contribution >= 0.6 is 0 Å². The Kier molecular flexibility index (Phi) is 2.81. The lowest BCUT2D eigenvalue weighted by Crippen LogP contribution is -2.49. The first-order valence-corrected chi connectivity index (χ1v) is 6.22. The Hall–Kier alpha value is -2.18. The van der Waals surface area contributed by atoms with Crippen molar-refractivity contribution in [3.05, 3.63) is 34.0 Å². The molecule has 7 nitrogen and oxygen atoms in total. The van der Waals surface area contributed by atoms with E-state index in [1.165, 1.54) is 4.68 Å². The molecule has 1 aliphatic heterocycles. The molecule has 0 amide bonds. The van der Waals surface area contributed by atoms with Crippen LogP contribution in [0.15, 0.2) is 21.5 Å². The van der Waals surface area contributed by atoms with E-state index in [1.54, 1.807) is 19.1 Å². The molecule has 1 aliphatic rings. The van der Waals surface area contributed by atoms with E-state index in [1.807, 2.05) is 11.8 Å². The molecule has 0 unspecified atom stereocenters. The van der Waals surface area contributed by atoms with Crippen molar-refractivity contribution in [1.29, 1.82) is 0 Å². The molecular formula is C12H15N5O2. The second kappa shape index (κ2) is 4.49. The number of hydrogen-bond donors (Lipinski definition) is 0. The Morgan fingerprint density at radius 1 is 1.37 bits per heavy atom. The Bertz CT molecular complexity index is 642. The van der Waals surface area contributed by atoms with Crippen LogP contribution in [0.5, 0.6) is 0 Å². The van der Waals surface area contributed by atoms with Crippen LogP contribution in [0.2, 0.25) is 0 Å². The number of hydrogen-bond acceptors (Lipinski definition) is 6. The lowest BCUT2D eigenvalue weighted by molar-refractivity contribution is 0.303. The van der Waals surface area contributed by atoms with E-state index >= 15 is 0 Å². The third kappa shape index (κ3) is 2.35. The molecule has 7 heteroatoms. The average Bonchev–Trinajstić information content (AvgIpc) is 2.73. The molecule has 0 atom stereocenters. The molecule has 1 fully saturated rings. The van der Waals surface area contributed by atoms with Gasteiger partial charge >= 0.3 is 6.01 Å². The minimum Gasteiger partial charge on any atom is -0.324 e. The summed E-state index contributed by atoms with van der Waals surface area (Å²) in [6, 6.07) is 3.84. The average molecular weight is 261 g/mol. The van der Waals surface area contributed by atoms with Gasteiger partial charge in [0.15, 0.2) is 5.82 Å². The predicted octanol–water partition coefficient (Wildman–Crippen LogP) is 0.380. The van der Waals surface area contributed by atoms with Crippen molar-refractivity contribution >= 4 is 6.01 Å². The molecule has 2 aromatic heterocycles. The lowest BCUT2D eigenvalue weighted by Gasteiger charge is -2.37. The normalized spacial score (nSPS) is 15.6. The SMILES string of the molecule is Cc1ccc(=O)n(CC2CN(c3nc(C)no3)C2)n1. The highest BCUT2D eigenvalue weighted by atomic mass is 16.5. The third-order valence-electron chi connectivity index (χ3n) is 3.18. The summed E-state index contributed by atoms with van der Waals surface area (Å²) in [5, 5.41) is 7.99. The van der Waals surface area contributed by atoms with Crippen molar-refractivity contribution in [2.24, 2.45) is 5.92 Å². The number of anilines is 1. The zero-order chi connectivity index (χ0) is 13.4. The van der Waals surface area contributed by atoms with Gasteiger partial charge < -0.3 is 9.42 Å². The van der Waals surface area contributed by atoms with Crippen LogP contribution < -0.4 is 10.5 Å². The second-order valence-corrected chi connectivity index (χ2v) is 4.89. The molecule has 1 saturated heterocycles. The quantitative estimate of drug-likeness (QED) is 0.795. The van der Waals surface area contributed by atoms with Gasteiger partial charge in [0.25, 0.3) is 5.56 Å². The molecule has 0 spiro atoms. The molecule has 3 heterocycles. The molecule has 0 N–H and O–H groups in total. The first-order chi connectivity index (χ1) is 9.11. The Morgan fingerprint density at radius 3 is 2.84 bits per heavy atom. The summed E-state index contributed by atoms with van der Waals surface area (Å²) in [5.41, 5.74) is 0.793. The van der Waals surface area contributed by atoms with E-state index in [0.29, 0.717) is 24.3 Å². The minimum absolute atomic E-state index is 0.0577. The van der Waals surface area contributed by atoms with Gasteiger partial charge in [0, 0.05) is 25.1 Å². The highest BCUT2D eigenvalue weighted by Crippen LogP contribution is 2.23.